The zero-order valence-corrected chi connectivity index (χ0v) is 21.6. The monoisotopic (exact) mass is 514 g/mol. The number of methoxy groups -OCH3 is 1. The highest BCUT2D eigenvalue weighted by Crippen LogP contribution is 2.28. The topological polar surface area (TPSA) is 75.7 Å². The van der Waals surface area contributed by atoms with E-state index in [0.717, 1.165) is 18.4 Å². The summed E-state index contributed by atoms with van der Waals surface area (Å²) in [6, 6.07) is 23.8. The Hall–Kier alpha value is -2.87. The van der Waals surface area contributed by atoms with E-state index in [1.54, 1.807) is 0 Å². The summed E-state index contributed by atoms with van der Waals surface area (Å²) in [5, 5.41) is 3.13. The molecule has 0 aliphatic carbocycles. The smallest absolute Gasteiger partial charge is 0.243 e. The first-order chi connectivity index (χ1) is 16.8. The van der Waals surface area contributed by atoms with Crippen LogP contribution in [0.5, 0.6) is 5.75 Å². The van der Waals surface area contributed by atoms with Crippen LogP contribution in [-0.4, -0.2) is 44.9 Å². The lowest BCUT2D eigenvalue weighted by atomic mass is 10.1. The highest BCUT2D eigenvalue weighted by atomic mass is 35.5. The SMILES string of the molecule is COc1ccc(S(=O)(=O)N(CCc2ccccc2)CC(=O)N[C@@H](C)CCc2ccccc2)cc1Cl. The van der Waals surface area contributed by atoms with E-state index in [9.17, 15) is 13.2 Å². The molecule has 186 valence electrons. The predicted octanol–water partition coefficient (Wildman–Crippen LogP) is 4.72. The molecular weight excluding hydrogens is 484 g/mol. The van der Waals surface area contributed by atoms with Crippen molar-refractivity contribution in [1.29, 1.82) is 0 Å². The van der Waals surface area contributed by atoms with Gasteiger partial charge in [-0.05, 0) is 55.5 Å². The second-order valence-electron chi connectivity index (χ2n) is 8.36. The van der Waals surface area contributed by atoms with Gasteiger partial charge in [-0.3, -0.25) is 4.79 Å². The first kappa shape index (κ1) is 26.7. The van der Waals surface area contributed by atoms with Gasteiger partial charge in [0.2, 0.25) is 15.9 Å². The fourth-order valence-corrected chi connectivity index (χ4v) is 5.47. The lowest BCUT2D eigenvalue weighted by molar-refractivity contribution is -0.121. The Balaban J connectivity index is 1.72. The maximum absolute atomic E-state index is 13.5. The molecular formula is C27H31ClN2O4S. The van der Waals surface area contributed by atoms with Gasteiger partial charge in [0.25, 0.3) is 0 Å². The third-order valence-corrected chi connectivity index (χ3v) is 7.83. The van der Waals surface area contributed by atoms with Crippen LogP contribution in [0.3, 0.4) is 0 Å². The van der Waals surface area contributed by atoms with Gasteiger partial charge in [0.1, 0.15) is 5.75 Å². The van der Waals surface area contributed by atoms with Crippen LogP contribution in [0.2, 0.25) is 5.02 Å². The molecule has 0 aromatic heterocycles. The average Bonchev–Trinajstić information content (AvgIpc) is 2.86. The summed E-state index contributed by atoms with van der Waals surface area (Å²) in [5.74, 6) is 0.0354. The fraction of sp³-hybridized carbons (Fsp3) is 0.296. The summed E-state index contributed by atoms with van der Waals surface area (Å²) in [7, 11) is -2.51. The van der Waals surface area contributed by atoms with Crippen LogP contribution in [0.15, 0.2) is 83.8 Å². The average molecular weight is 515 g/mol. The molecule has 0 saturated heterocycles. The lowest BCUT2D eigenvalue weighted by Gasteiger charge is -2.23. The maximum Gasteiger partial charge on any atom is 0.243 e. The van der Waals surface area contributed by atoms with Crippen LogP contribution in [0.1, 0.15) is 24.5 Å². The zero-order valence-electron chi connectivity index (χ0n) is 20.0. The highest BCUT2D eigenvalue weighted by molar-refractivity contribution is 7.89. The number of hydrogen-bond donors (Lipinski definition) is 1. The van der Waals surface area contributed by atoms with E-state index in [1.165, 1.54) is 35.2 Å². The number of aryl methyl sites for hydroxylation is 1. The summed E-state index contributed by atoms with van der Waals surface area (Å²) < 4.78 is 33.3. The predicted molar refractivity (Wildman–Crippen MR) is 139 cm³/mol. The number of carbonyl (C=O) groups is 1. The van der Waals surface area contributed by atoms with Crippen molar-refractivity contribution >= 4 is 27.5 Å². The van der Waals surface area contributed by atoms with Gasteiger partial charge in [0.15, 0.2) is 0 Å². The molecule has 0 bridgehead atoms. The van der Waals surface area contributed by atoms with Gasteiger partial charge in [-0.2, -0.15) is 4.31 Å². The van der Waals surface area contributed by atoms with E-state index in [-0.39, 0.29) is 35.0 Å². The van der Waals surface area contributed by atoms with Crippen molar-refractivity contribution in [3.63, 3.8) is 0 Å². The molecule has 1 N–H and O–H groups in total. The van der Waals surface area contributed by atoms with Crippen molar-refractivity contribution in [3.8, 4) is 5.75 Å². The molecule has 0 unspecified atom stereocenters. The number of nitrogens with one attached hydrogen (secondary N) is 1. The van der Waals surface area contributed by atoms with Crippen molar-refractivity contribution in [2.24, 2.45) is 0 Å². The van der Waals surface area contributed by atoms with Crippen molar-refractivity contribution < 1.29 is 17.9 Å². The summed E-state index contributed by atoms with van der Waals surface area (Å²) >= 11 is 6.19. The molecule has 35 heavy (non-hydrogen) atoms. The van der Waals surface area contributed by atoms with Gasteiger partial charge in [-0.25, -0.2) is 8.42 Å². The molecule has 0 aliphatic heterocycles. The number of hydrogen-bond acceptors (Lipinski definition) is 4. The van der Waals surface area contributed by atoms with Crippen LogP contribution in [0.25, 0.3) is 0 Å². The minimum absolute atomic E-state index is 0.0151. The lowest BCUT2D eigenvalue weighted by Crippen LogP contribution is -2.44. The standard InChI is InChI=1S/C27H31ClN2O4S/c1-21(13-14-22-9-5-3-6-10-22)29-27(31)20-30(18-17-23-11-7-4-8-12-23)35(32,33)24-15-16-26(34-2)25(28)19-24/h3-12,15-16,19,21H,13-14,17-18,20H2,1-2H3,(H,29,31)/t21-/m0/s1. The van der Waals surface area contributed by atoms with Crippen LogP contribution < -0.4 is 10.1 Å². The zero-order chi connectivity index (χ0) is 25.3. The number of ether oxygens (including phenoxy) is 1. The van der Waals surface area contributed by atoms with E-state index in [0.29, 0.717) is 12.2 Å². The molecule has 1 amide bonds. The quantitative estimate of drug-likeness (QED) is 0.379. The van der Waals surface area contributed by atoms with E-state index in [4.69, 9.17) is 16.3 Å². The molecule has 3 aromatic carbocycles. The first-order valence-electron chi connectivity index (χ1n) is 11.5. The molecule has 6 nitrogen and oxygen atoms in total. The van der Waals surface area contributed by atoms with E-state index in [1.807, 2.05) is 67.6 Å². The van der Waals surface area contributed by atoms with Crippen molar-refractivity contribution in [3.05, 3.63) is 95.0 Å². The summed E-state index contributed by atoms with van der Waals surface area (Å²) in [6.07, 6.45) is 2.05. The van der Waals surface area contributed by atoms with Crippen LogP contribution >= 0.6 is 11.6 Å². The van der Waals surface area contributed by atoms with E-state index >= 15 is 0 Å². The second kappa shape index (κ2) is 12.7. The van der Waals surface area contributed by atoms with Gasteiger partial charge in [0.05, 0.1) is 23.6 Å². The molecule has 0 fully saturated rings. The number of rotatable bonds is 12. The Morgan fingerprint density at radius 3 is 2.14 bits per heavy atom. The molecule has 0 spiro atoms. The number of carbonyl (C=O) groups excluding carboxylic acids is 1. The largest absolute Gasteiger partial charge is 0.495 e. The normalized spacial score (nSPS) is 12.3. The molecule has 3 rings (SSSR count). The molecule has 0 saturated carbocycles. The maximum atomic E-state index is 13.5. The number of sulfonamides is 1. The van der Waals surface area contributed by atoms with Gasteiger partial charge in [-0.15, -0.1) is 0 Å². The Kier molecular flexibility index (Phi) is 9.72. The molecule has 8 heteroatoms. The third kappa shape index (κ3) is 7.82. The summed E-state index contributed by atoms with van der Waals surface area (Å²) in [6.45, 7) is 1.79. The number of benzene rings is 3. The summed E-state index contributed by atoms with van der Waals surface area (Å²) in [5.41, 5.74) is 2.18. The molecule has 0 heterocycles. The van der Waals surface area contributed by atoms with Crippen molar-refractivity contribution in [2.75, 3.05) is 20.2 Å². The Morgan fingerprint density at radius 2 is 1.57 bits per heavy atom. The Labute approximate surface area is 212 Å². The van der Waals surface area contributed by atoms with Crippen molar-refractivity contribution in [1.82, 2.24) is 9.62 Å². The minimum Gasteiger partial charge on any atom is -0.495 e. The first-order valence-corrected chi connectivity index (χ1v) is 13.3. The van der Waals surface area contributed by atoms with Crippen LogP contribution in [0.4, 0.5) is 0 Å². The van der Waals surface area contributed by atoms with Gasteiger partial charge < -0.3 is 10.1 Å². The Morgan fingerprint density at radius 1 is 0.971 bits per heavy atom. The molecule has 3 aromatic rings. The summed E-state index contributed by atoms with van der Waals surface area (Å²) in [4.78, 5) is 12.9. The van der Waals surface area contributed by atoms with Gasteiger partial charge in [0, 0.05) is 12.6 Å². The minimum atomic E-state index is -3.97. The van der Waals surface area contributed by atoms with Crippen molar-refractivity contribution in [2.45, 2.75) is 37.1 Å². The third-order valence-electron chi connectivity index (χ3n) is 5.69. The van der Waals surface area contributed by atoms with E-state index in [2.05, 4.69) is 5.32 Å². The number of nitrogens with zero attached hydrogens (tertiary/aromatic N) is 1. The number of halogens is 1. The van der Waals surface area contributed by atoms with Gasteiger partial charge in [-0.1, -0.05) is 72.3 Å². The highest BCUT2D eigenvalue weighted by Gasteiger charge is 2.27. The van der Waals surface area contributed by atoms with E-state index < -0.39 is 10.0 Å². The Bertz CT molecular complexity index is 1200. The molecule has 1 atom stereocenters. The second-order valence-corrected chi connectivity index (χ2v) is 10.7. The van der Waals surface area contributed by atoms with Crippen LogP contribution in [0, 0.1) is 0 Å². The van der Waals surface area contributed by atoms with Crippen LogP contribution in [-0.2, 0) is 27.7 Å². The molecule has 0 radical (unpaired) electrons. The fourth-order valence-electron chi connectivity index (χ4n) is 3.72. The van der Waals surface area contributed by atoms with Gasteiger partial charge >= 0.3 is 0 Å². The molecule has 0 aliphatic rings. The number of amides is 1.